The fourth-order valence-corrected chi connectivity index (χ4v) is 4.29. The van der Waals surface area contributed by atoms with E-state index in [1.807, 2.05) is 41.1 Å². The zero-order valence-electron chi connectivity index (χ0n) is 15.7. The Morgan fingerprint density at radius 1 is 1.21 bits per heavy atom. The summed E-state index contributed by atoms with van der Waals surface area (Å²) in [5, 5.41) is 9.34. The molecule has 0 bridgehead atoms. The Morgan fingerprint density at radius 3 is 2.86 bits per heavy atom. The second-order valence-electron chi connectivity index (χ2n) is 6.87. The van der Waals surface area contributed by atoms with Crippen molar-refractivity contribution in [1.29, 1.82) is 0 Å². The molecule has 144 valence electrons. The zero-order valence-corrected chi connectivity index (χ0v) is 17.3. The van der Waals surface area contributed by atoms with Gasteiger partial charge >= 0.3 is 0 Å². The summed E-state index contributed by atoms with van der Waals surface area (Å²) in [4.78, 5) is 22.2. The predicted octanol–water partition coefficient (Wildman–Crippen LogP) is 4.85. The highest BCUT2D eigenvalue weighted by molar-refractivity contribution is 7.98. The second kappa shape index (κ2) is 8.28. The molecule has 0 aliphatic rings. The van der Waals surface area contributed by atoms with Crippen LogP contribution in [0, 0.1) is 5.92 Å². The Hall–Kier alpha value is -2.45. The van der Waals surface area contributed by atoms with Gasteiger partial charge in [-0.25, -0.2) is 4.98 Å². The van der Waals surface area contributed by atoms with Crippen molar-refractivity contribution in [3.8, 4) is 11.5 Å². The third kappa shape index (κ3) is 4.02. The van der Waals surface area contributed by atoms with Gasteiger partial charge in [0, 0.05) is 11.9 Å². The van der Waals surface area contributed by atoms with Crippen LogP contribution in [-0.2, 0) is 12.3 Å². The maximum atomic E-state index is 13.0. The molecule has 0 saturated heterocycles. The molecule has 6 nitrogen and oxygen atoms in total. The second-order valence-corrected chi connectivity index (χ2v) is 8.59. The number of fused-ring (bicyclic) bond motifs is 1. The first kappa shape index (κ1) is 18.9. The van der Waals surface area contributed by atoms with Gasteiger partial charge < -0.3 is 4.52 Å². The fraction of sp³-hybridized carbons (Fsp3) is 0.300. The summed E-state index contributed by atoms with van der Waals surface area (Å²) in [6.45, 7) is 4.94. The number of hydrogen-bond acceptors (Lipinski definition) is 7. The number of thioether (sulfide) groups is 1. The lowest BCUT2D eigenvalue weighted by Gasteiger charge is -2.13. The first-order chi connectivity index (χ1) is 13.6. The van der Waals surface area contributed by atoms with Gasteiger partial charge in [-0.1, -0.05) is 42.9 Å². The van der Waals surface area contributed by atoms with E-state index in [0.717, 1.165) is 12.0 Å². The molecule has 0 aliphatic heterocycles. The maximum Gasteiger partial charge on any atom is 0.262 e. The van der Waals surface area contributed by atoms with Crippen LogP contribution in [0.1, 0.15) is 26.1 Å². The Kier molecular flexibility index (Phi) is 5.59. The van der Waals surface area contributed by atoms with Crippen molar-refractivity contribution in [3.05, 3.63) is 57.3 Å². The summed E-state index contributed by atoms with van der Waals surface area (Å²) >= 11 is 3.05. The first-order valence-electron chi connectivity index (χ1n) is 9.09. The monoisotopic (exact) mass is 412 g/mol. The zero-order chi connectivity index (χ0) is 19.5. The minimum atomic E-state index is 0.000763. The summed E-state index contributed by atoms with van der Waals surface area (Å²) in [6.07, 6.45) is 0.915. The SMILES string of the molecule is CC(C)CCn1c(SCc2noc(-c3ccsc3)n2)nc2ccccc2c1=O. The van der Waals surface area contributed by atoms with Crippen molar-refractivity contribution in [3.63, 3.8) is 0 Å². The van der Waals surface area contributed by atoms with E-state index >= 15 is 0 Å². The molecule has 0 unspecified atom stereocenters. The van der Waals surface area contributed by atoms with Crippen molar-refractivity contribution in [2.45, 2.75) is 37.7 Å². The van der Waals surface area contributed by atoms with E-state index in [-0.39, 0.29) is 5.56 Å². The quantitative estimate of drug-likeness (QED) is 0.319. The van der Waals surface area contributed by atoms with E-state index in [1.165, 1.54) is 11.8 Å². The van der Waals surface area contributed by atoms with E-state index in [2.05, 4.69) is 24.0 Å². The summed E-state index contributed by atoms with van der Waals surface area (Å²) in [6, 6.07) is 9.42. The molecule has 0 spiro atoms. The topological polar surface area (TPSA) is 73.8 Å². The molecule has 3 aromatic heterocycles. The van der Waals surface area contributed by atoms with Crippen molar-refractivity contribution in [1.82, 2.24) is 19.7 Å². The van der Waals surface area contributed by atoms with Gasteiger partial charge in [-0.2, -0.15) is 16.3 Å². The molecule has 0 fully saturated rings. The lowest BCUT2D eigenvalue weighted by atomic mass is 10.1. The molecule has 8 heteroatoms. The fourth-order valence-electron chi connectivity index (χ4n) is 2.79. The van der Waals surface area contributed by atoms with Crippen LogP contribution in [0.5, 0.6) is 0 Å². The summed E-state index contributed by atoms with van der Waals surface area (Å²) < 4.78 is 7.11. The normalized spacial score (nSPS) is 11.5. The van der Waals surface area contributed by atoms with E-state index in [0.29, 0.717) is 46.0 Å². The summed E-state index contributed by atoms with van der Waals surface area (Å²) in [7, 11) is 0. The third-order valence-corrected chi connectivity index (χ3v) is 5.98. The lowest BCUT2D eigenvalue weighted by molar-refractivity contribution is 0.425. The average molecular weight is 413 g/mol. The minimum Gasteiger partial charge on any atom is -0.334 e. The number of thiophene rings is 1. The molecule has 28 heavy (non-hydrogen) atoms. The van der Waals surface area contributed by atoms with Gasteiger partial charge in [0.1, 0.15) is 0 Å². The van der Waals surface area contributed by atoms with Crippen LogP contribution < -0.4 is 5.56 Å². The lowest BCUT2D eigenvalue weighted by Crippen LogP contribution is -2.24. The molecule has 3 heterocycles. The highest BCUT2D eigenvalue weighted by Gasteiger charge is 2.14. The van der Waals surface area contributed by atoms with Gasteiger partial charge in [0.2, 0.25) is 0 Å². The smallest absolute Gasteiger partial charge is 0.262 e. The van der Waals surface area contributed by atoms with E-state index in [4.69, 9.17) is 9.51 Å². The Labute approximate surface area is 170 Å². The highest BCUT2D eigenvalue weighted by atomic mass is 32.2. The summed E-state index contributed by atoms with van der Waals surface area (Å²) in [5.74, 6) is 2.09. The number of para-hydroxylation sites is 1. The maximum absolute atomic E-state index is 13.0. The van der Waals surface area contributed by atoms with Gasteiger partial charge in [0.15, 0.2) is 11.0 Å². The van der Waals surface area contributed by atoms with E-state index in [9.17, 15) is 4.79 Å². The molecule has 4 aromatic rings. The molecule has 0 atom stereocenters. The third-order valence-electron chi connectivity index (χ3n) is 4.32. The largest absolute Gasteiger partial charge is 0.334 e. The minimum absolute atomic E-state index is 0.000763. The molecule has 0 radical (unpaired) electrons. The van der Waals surface area contributed by atoms with Crippen molar-refractivity contribution in [2.24, 2.45) is 5.92 Å². The van der Waals surface area contributed by atoms with Crippen LogP contribution in [0.4, 0.5) is 0 Å². The molecular weight excluding hydrogens is 392 g/mol. The molecule has 0 amide bonds. The first-order valence-corrected chi connectivity index (χ1v) is 11.0. The molecule has 0 N–H and O–H groups in total. The number of rotatable bonds is 7. The standard InChI is InChI=1S/C20H20N4O2S2/c1-13(2)7-9-24-19(25)15-5-3-4-6-16(15)21-20(24)28-12-17-22-18(26-23-17)14-8-10-27-11-14/h3-6,8,10-11,13H,7,9,12H2,1-2H3. The van der Waals surface area contributed by atoms with Crippen molar-refractivity contribution in [2.75, 3.05) is 0 Å². The van der Waals surface area contributed by atoms with Crippen LogP contribution >= 0.6 is 23.1 Å². The molecule has 4 rings (SSSR count). The van der Waals surface area contributed by atoms with Gasteiger partial charge in [0.05, 0.1) is 22.2 Å². The highest BCUT2D eigenvalue weighted by Crippen LogP contribution is 2.24. The van der Waals surface area contributed by atoms with Crippen LogP contribution in [0.25, 0.3) is 22.4 Å². The van der Waals surface area contributed by atoms with Crippen LogP contribution in [0.2, 0.25) is 0 Å². The van der Waals surface area contributed by atoms with Crippen LogP contribution in [0.3, 0.4) is 0 Å². The molecule has 0 aliphatic carbocycles. The number of aromatic nitrogens is 4. The van der Waals surface area contributed by atoms with Gasteiger partial charge in [-0.05, 0) is 35.9 Å². The van der Waals surface area contributed by atoms with Gasteiger partial charge in [0.25, 0.3) is 11.4 Å². The Morgan fingerprint density at radius 2 is 2.07 bits per heavy atom. The molecular formula is C20H20N4O2S2. The molecule has 1 aromatic carbocycles. The predicted molar refractivity (Wildman–Crippen MR) is 113 cm³/mol. The van der Waals surface area contributed by atoms with Crippen molar-refractivity contribution < 1.29 is 4.52 Å². The van der Waals surface area contributed by atoms with E-state index < -0.39 is 0 Å². The van der Waals surface area contributed by atoms with Gasteiger partial charge in [-0.3, -0.25) is 9.36 Å². The summed E-state index contributed by atoms with van der Waals surface area (Å²) in [5.41, 5.74) is 1.63. The molecule has 0 saturated carbocycles. The van der Waals surface area contributed by atoms with Crippen LogP contribution in [0.15, 0.2) is 55.6 Å². The van der Waals surface area contributed by atoms with Crippen LogP contribution in [-0.4, -0.2) is 19.7 Å². The number of hydrogen-bond donors (Lipinski definition) is 0. The Balaban J connectivity index is 1.61. The van der Waals surface area contributed by atoms with Crippen molar-refractivity contribution >= 4 is 34.0 Å². The Bertz CT molecular complexity index is 1130. The number of nitrogens with zero attached hydrogens (tertiary/aromatic N) is 4. The van der Waals surface area contributed by atoms with Gasteiger partial charge in [-0.15, -0.1) is 0 Å². The van der Waals surface area contributed by atoms with E-state index in [1.54, 1.807) is 15.9 Å². The average Bonchev–Trinajstić information content (AvgIpc) is 3.37. The number of benzene rings is 1.